The Hall–Kier alpha value is -4.22. The van der Waals surface area contributed by atoms with Gasteiger partial charge in [-0.1, -0.05) is 59.1 Å². The number of hydrogen-bond donors (Lipinski definition) is 1. The molecule has 4 aromatic rings. The molecule has 212 valence electrons. The Morgan fingerprint density at radius 2 is 1.52 bits per heavy atom. The molecule has 0 aliphatic carbocycles. The van der Waals surface area contributed by atoms with E-state index in [1.54, 1.807) is 48.5 Å². The molecule has 1 heterocycles. The summed E-state index contributed by atoms with van der Waals surface area (Å²) < 4.78 is 37.3. The van der Waals surface area contributed by atoms with Crippen LogP contribution in [0.5, 0.6) is 17.2 Å². The van der Waals surface area contributed by atoms with Crippen molar-refractivity contribution in [2.45, 2.75) is 11.8 Å². The quantitative estimate of drug-likeness (QED) is 0.104. The van der Waals surface area contributed by atoms with Crippen molar-refractivity contribution in [3.8, 4) is 17.2 Å². The van der Waals surface area contributed by atoms with Gasteiger partial charge in [-0.2, -0.15) is 8.42 Å². The van der Waals surface area contributed by atoms with Crippen LogP contribution in [0.2, 0.25) is 10.0 Å². The van der Waals surface area contributed by atoms with E-state index >= 15 is 0 Å². The number of hydrogen-bond acceptors (Lipinski definition) is 7. The number of nitrogens with zero attached hydrogens (tertiary/aromatic N) is 1. The summed E-state index contributed by atoms with van der Waals surface area (Å²) in [4.78, 5) is 27.5. The lowest BCUT2D eigenvalue weighted by Gasteiger charge is -2.29. The van der Waals surface area contributed by atoms with Crippen LogP contribution in [0.15, 0.2) is 101 Å². The van der Waals surface area contributed by atoms with Crippen LogP contribution in [0, 0.1) is 6.92 Å². The van der Waals surface area contributed by atoms with Crippen molar-refractivity contribution < 1.29 is 26.9 Å². The fourth-order valence-corrected chi connectivity index (χ4v) is 5.82. The number of halogens is 2. The SMILES string of the molecule is Cc1ccc(S(=O)(=O)Oc2c(Cl)cc(Cl)cc2/C=C2/C(=O)NC(=S)N(c3ccc(Oc4ccccc4)cc3)C2=O)cc1. The summed E-state index contributed by atoms with van der Waals surface area (Å²) in [5, 5.41) is 2.33. The highest BCUT2D eigenvalue weighted by Crippen LogP contribution is 2.37. The van der Waals surface area contributed by atoms with Gasteiger partial charge in [-0.05, 0) is 85.9 Å². The van der Waals surface area contributed by atoms with E-state index in [9.17, 15) is 18.0 Å². The Bertz CT molecular complexity index is 1840. The molecule has 0 saturated carbocycles. The minimum absolute atomic E-state index is 0.0129. The Kier molecular flexibility index (Phi) is 8.33. The smallest absolute Gasteiger partial charge is 0.339 e. The summed E-state index contributed by atoms with van der Waals surface area (Å²) in [6.45, 7) is 1.81. The molecule has 0 radical (unpaired) electrons. The largest absolute Gasteiger partial charge is 0.457 e. The Morgan fingerprint density at radius 1 is 0.881 bits per heavy atom. The number of rotatable bonds is 7. The van der Waals surface area contributed by atoms with Crippen molar-refractivity contribution in [2.24, 2.45) is 0 Å². The van der Waals surface area contributed by atoms with Crippen LogP contribution in [-0.4, -0.2) is 25.3 Å². The molecule has 5 rings (SSSR count). The number of carbonyl (C=O) groups excluding carboxylic acids is 2. The summed E-state index contributed by atoms with van der Waals surface area (Å²) in [5.74, 6) is -0.713. The second-order valence-electron chi connectivity index (χ2n) is 9.02. The molecule has 0 spiro atoms. The van der Waals surface area contributed by atoms with E-state index in [-0.39, 0.29) is 36.9 Å². The van der Waals surface area contributed by atoms with Crippen molar-refractivity contribution in [3.63, 3.8) is 0 Å². The molecule has 4 aromatic carbocycles. The van der Waals surface area contributed by atoms with E-state index in [2.05, 4.69) is 5.32 Å². The van der Waals surface area contributed by atoms with E-state index in [4.69, 9.17) is 44.3 Å². The molecule has 1 N–H and O–H groups in total. The molecular formula is C30H20Cl2N2O6S2. The molecule has 1 aliphatic heterocycles. The Labute approximate surface area is 257 Å². The minimum Gasteiger partial charge on any atom is -0.457 e. The molecule has 2 amide bonds. The molecule has 0 bridgehead atoms. The number of carbonyl (C=O) groups is 2. The predicted octanol–water partition coefficient (Wildman–Crippen LogP) is 6.69. The number of aryl methyl sites for hydroxylation is 1. The fraction of sp³-hybridized carbons (Fsp3) is 0.0333. The number of thiocarbonyl (C=S) groups is 1. The highest BCUT2D eigenvalue weighted by molar-refractivity contribution is 7.87. The van der Waals surface area contributed by atoms with Gasteiger partial charge in [0.25, 0.3) is 11.8 Å². The summed E-state index contributed by atoms with van der Waals surface area (Å²) in [7, 11) is -4.33. The molecule has 0 atom stereocenters. The van der Waals surface area contributed by atoms with E-state index in [0.29, 0.717) is 17.2 Å². The normalized spacial score (nSPS) is 14.6. The average Bonchev–Trinajstić information content (AvgIpc) is 2.94. The predicted molar refractivity (Wildman–Crippen MR) is 165 cm³/mol. The molecule has 0 aromatic heterocycles. The molecule has 0 unspecified atom stereocenters. The van der Waals surface area contributed by atoms with Gasteiger partial charge in [-0.15, -0.1) is 0 Å². The van der Waals surface area contributed by atoms with Crippen molar-refractivity contribution in [3.05, 3.63) is 118 Å². The lowest BCUT2D eigenvalue weighted by molar-refractivity contribution is -0.122. The first-order valence-electron chi connectivity index (χ1n) is 12.3. The van der Waals surface area contributed by atoms with E-state index in [0.717, 1.165) is 16.5 Å². The van der Waals surface area contributed by atoms with Gasteiger partial charge in [0.15, 0.2) is 10.9 Å². The first kappa shape index (κ1) is 29.3. The monoisotopic (exact) mass is 638 g/mol. The number of benzene rings is 4. The molecule has 12 heteroatoms. The van der Waals surface area contributed by atoms with E-state index < -0.39 is 21.9 Å². The van der Waals surface area contributed by atoms with Crippen LogP contribution in [0.1, 0.15) is 11.1 Å². The maximum atomic E-state index is 13.6. The van der Waals surface area contributed by atoms with E-state index in [1.165, 1.54) is 24.3 Å². The Balaban J connectivity index is 1.48. The Morgan fingerprint density at radius 3 is 2.19 bits per heavy atom. The zero-order valence-electron chi connectivity index (χ0n) is 21.7. The standard InChI is InChI=1S/C30H20Cl2N2O6S2/c1-18-7-13-24(14-8-18)42(37,38)40-27-19(15-20(31)17-26(27)32)16-25-28(35)33-30(41)34(29(25)36)21-9-11-23(12-10-21)39-22-5-3-2-4-6-22/h2-17H,1H3,(H,33,35,41)/b25-16-. The average molecular weight is 640 g/mol. The summed E-state index contributed by atoms with van der Waals surface area (Å²) in [6, 6.07) is 24.3. The number of anilines is 1. The topological polar surface area (TPSA) is 102 Å². The summed E-state index contributed by atoms with van der Waals surface area (Å²) >= 11 is 17.8. The number of ether oxygens (including phenoxy) is 1. The zero-order chi connectivity index (χ0) is 30.0. The second kappa shape index (κ2) is 11.9. The molecule has 1 saturated heterocycles. The van der Waals surface area contributed by atoms with Gasteiger partial charge < -0.3 is 8.92 Å². The van der Waals surface area contributed by atoms with Crippen molar-refractivity contribution >= 4 is 74.2 Å². The molecule has 1 fully saturated rings. The van der Waals surface area contributed by atoms with Gasteiger partial charge in [-0.3, -0.25) is 19.8 Å². The van der Waals surface area contributed by atoms with Crippen LogP contribution in [0.4, 0.5) is 5.69 Å². The number of nitrogens with one attached hydrogen (secondary N) is 1. The van der Waals surface area contributed by atoms with Gasteiger partial charge in [0.2, 0.25) is 0 Å². The zero-order valence-corrected chi connectivity index (χ0v) is 24.9. The van der Waals surface area contributed by atoms with Gasteiger partial charge in [-0.25, -0.2) is 0 Å². The lowest BCUT2D eigenvalue weighted by atomic mass is 10.1. The van der Waals surface area contributed by atoms with Gasteiger partial charge in [0, 0.05) is 10.6 Å². The number of para-hydroxylation sites is 1. The van der Waals surface area contributed by atoms with Crippen LogP contribution in [0.25, 0.3) is 6.08 Å². The van der Waals surface area contributed by atoms with Crippen molar-refractivity contribution in [2.75, 3.05) is 4.90 Å². The van der Waals surface area contributed by atoms with E-state index in [1.807, 2.05) is 25.1 Å². The third-order valence-corrected chi connectivity index (χ3v) is 8.03. The number of amides is 2. The van der Waals surface area contributed by atoms with Crippen LogP contribution in [0.3, 0.4) is 0 Å². The maximum absolute atomic E-state index is 13.6. The van der Waals surface area contributed by atoms with Gasteiger partial charge in [0.05, 0.1) is 10.7 Å². The van der Waals surface area contributed by atoms with Crippen molar-refractivity contribution in [1.29, 1.82) is 0 Å². The van der Waals surface area contributed by atoms with Gasteiger partial charge in [0.1, 0.15) is 22.0 Å². The van der Waals surface area contributed by atoms with Crippen LogP contribution >= 0.6 is 35.4 Å². The first-order valence-corrected chi connectivity index (χ1v) is 14.8. The molecule has 42 heavy (non-hydrogen) atoms. The van der Waals surface area contributed by atoms with Crippen molar-refractivity contribution in [1.82, 2.24) is 5.32 Å². The van der Waals surface area contributed by atoms with Crippen LogP contribution in [-0.2, 0) is 19.7 Å². The maximum Gasteiger partial charge on any atom is 0.339 e. The molecule has 8 nitrogen and oxygen atoms in total. The molecular weight excluding hydrogens is 619 g/mol. The van der Waals surface area contributed by atoms with Crippen LogP contribution < -0.4 is 19.1 Å². The highest BCUT2D eigenvalue weighted by Gasteiger charge is 2.35. The minimum atomic E-state index is -4.33. The third-order valence-electron chi connectivity index (χ3n) is 6.02. The summed E-state index contributed by atoms with van der Waals surface area (Å²) in [6.07, 6.45) is 1.15. The highest BCUT2D eigenvalue weighted by atomic mass is 35.5. The summed E-state index contributed by atoms with van der Waals surface area (Å²) in [5.41, 5.74) is 0.843. The lowest BCUT2D eigenvalue weighted by Crippen LogP contribution is -2.54. The second-order valence-corrected chi connectivity index (χ2v) is 11.8. The molecule has 1 aliphatic rings. The third kappa shape index (κ3) is 6.32. The van der Waals surface area contributed by atoms with Gasteiger partial charge >= 0.3 is 10.1 Å². The first-order chi connectivity index (χ1) is 20.0. The fourth-order valence-electron chi connectivity index (χ4n) is 3.97.